The molecule has 1 unspecified atom stereocenters. The van der Waals surface area contributed by atoms with Gasteiger partial charge in [0.2, 0.25) is 0 Å². The Morgan fingerprint density at radius 1 is 1.25 bits per heavy atom. The van der Waals surface area contributed by atoms with Crippen LogP contribution in [0.4, 0.5) is 13.2 Å². The van der Waals surface area contributed by atoms with Gasteiger partial charge in [0.1, 0.15) is 11.0 Å². The molecule has 6 heteroatoms. The molecule has 0 aliphatic heterocycles. The molecule has 0 aliphatic rings. The van der Waals surface area contributed by atoms with E-state index in [4.69, 9.17) is 0 Å². The lowest BCUT2D eigenvalue weighted by Gasteiger charge is -2.15. The van der Waals surface area contributed by atoms with E-state index in [0.29, 0.717) is 17.7 Å². The molecule has 1 aromatic rings. The fourth-order valence-corrected chi connectivity index (χ4v) is 2.14. The monoisotopic (exact) mass is 305 g/mol. The first-order valence-electron chi connectivity index (χ1n) is 6.23. The quantitative estimate of drug-likeness (QED) is 0.763. The van der Waals surface area contributed by atoms with Gasteiger partial charge in [-0.25, -0.2) is 4.21 Å². The Balaban J connectivity index is 3.21. The Kier molecular flexibility index (Phi) is 5.13. The summed E-state index contributed by atoms with van der Waals surface area (Å²) in [5.74, 6) is 0. The van der Waals surface area contributed by atoms with Crippen LogP contribution in [0, 0.1) is 0 Å². The van der Waals surface area contributed by atoms with Crippen LogP contribution in [0.3, 0.4) is 0 Å². The highest BCUT2D eigenvalue weighted by Crippen LogP contribution is 2.30. The molecule has 1 rings (SSSR count). The number of rotatable bonds is 3. The second-order valence-corrected chi connectivity index (χ2v) is 7.24. The number of halogens is 3. The van der Waals surface area contributed by atoms with Crippen LogP contribution in [0.1, 0.15) is 45.2 Å². The first kappa shape index (κ1) is 16.9. The molecule has 112 valence electrons. The Labute approximate surface area is 119 Å². The molecular weight excluding hydrogens is 287 g/mol. The second-order valence-electron chi connectivity index (χ2n) is 5.33. The Morgan fingerprint density at radius 2 is 1.85 bits per heavy atom. The van der Waals surface area contributed by atoms with E-state index in [1.54, 1.807) is 33.8 Å². The summed E-state index contributed by atoms with van der Waals surface area (Å²) in [6.45, 7) is 7.09. The molecule has 0 bridgehead atoms. The summed E-state index contributed by atoms with van der Waals surface area (Å²) in [4.78, 5) is 0. The number of nitrogens with zero attached hydrogens (tertiary/aromatic N) is 1. The normalized spacial score (nSPS) is 15.2. The van der Waals surface area contributed by atoms with E-state index in [-0.39, 0.29) is 0 Å². The van der Waals surface area contributed by atoms with Crippen molar-refractivity contribution in [3.8, 4) is 0 Å². The zero-order valence-corrected chi connectivity index (χ0v) is 12.7. The van der Waals surface area contributed by atoms with Crippen LogP contribution in [0.25, 0.3) is 0 Å². The Morgan fingerprint density at radius 3 is 2.30 bits per heavy atom. The number of hydrogen-bond acceptors (Lipinski definition) is 1. The molecule has 0 radical (unpaired) electrons. The number of benzene rings is 1. The highest BCUT2D eigenvalue weighted by Gasteiger charge is 2.30. The molecule has 20 heavy (non-hydrogen) atoms. The molecule has 1 aromatic carbocycles. The fourth-order valence-electron chi connectivity index (χ4n) is 1.43. The summed E-state index contributed by atoms with van der Waals surface area (Å²) in [6.07, 6.45) is -3.97. The van der Waals surface area contributed by atoms with Gasteiger partial charge in [-0.05, 0) is 44.9 Å². The van der Waals surface area contributed by atoms with Gasteiger partial charge in [0.25, 0.3) is 0 Å². The average molecular weight is 305 g/mol. The van der Waals surface area contributed by atoms with Crippen LogP contribution in [-0.2, 0) is 17.2 Å². The van der Waals surface area contributed by atoms with E-state index in [0.717, 1.165) is 12.1 Å². The van der Waals surface area contributed by atoms with Crippen molar-refractivity contribution in [2.24, 2.45) is 4.40 Å². The van der Waals surface area contributed by atoms with E-state index >= 15 is 0 Å². The van der Waals surface area contributed by atoms with E-state index in [2.05, 4.69) is 4.40 Å². The molecule has 0 amide bonds. The van der Waals surface area contributed by atoms with Crippen molar-refractivity contribution in [2.75, 3.05) is 0 Å². The zero-order chi connectivity index (χ0) is 15.6. The maximum absolute atomic E-state index is 12.7. The summed E-state index contributed by atoms with van der Waals surface area (Å²) in [5, 5.41) is 0. The Hall–Kier alpha value is -1.17. The van der Waals surface area contributed by atoms with E-state index in [1.807, 2.05) is 0 Å². The minimum absolute atomic E-state index is 0.361. The summed E-state index contributed by atoms with van der Waals surface area (Å²) >= 11 is 0. The van der Waals surface area contributed by atoms with Gasteiger partial charge < -0.3 is 0 Å². The maximum Gasteiger partial charge on any atom is 0.416 e. The third-order valence-electron chi connectivity index (χ3n) is 2.57. The minimum Gasteiger partial charge on any atom is -0.234 e. The van der Waals surface area contributed by atoms with Crippen molar-refractivity contribution >= 4 is 16.7 Å². The molecule has 0 aromatic heterocycles. The molecule has 0 aliphatic carbocycles. The van der Waals surface area contributed by atoms with Crippen LogP contribution in [0.15, 0.2) is 28.7 Å². The molecule has 0 saturated heterocycles. The van der Waals surface area contributed by atoms with Gasteiger partial charge in [-0.2, -0.15) is 17.6 Å². The van der Waals surface area contributed by atoms with E-state index in [9.17, 15) is 17.4 Å². The van der Waals surface area contributed by atoms with Gasteiger partial charge in [-0.1, -0.05) is 19.1 Å². The molecule has 1 atom stereocenters. The number of hydrogen-bond donors (Lipinski definition) is 0. The SMILES string of the molecule is CCC(=NS(=O)C(C)(C)C)c1cccc(C(F)(F)F)c1. The van der Waals surface area contributed by atoms with Gasteiger partial charge in [-0.15, -0.1) is 0 Å². The van der Waals surface area contributed by atoms with Crippen LogP contribution < -0.4 is 0 Å². The topological polar surface area (TPSA) is 29.4 Å². The summed E-state index contributed by atoms with van der Waals surface area (Å²) in [7, 11) is -1.49. The highest BCUT2D eigenvalue weighted by atomic mass is 32.2. The summed E-state index contributed by atoms with van der Waals surface area (Å²) in [6, 6.07) is 4.94. The average Bonchev–Trinajstić information content (AvgIpc) is 2.33. The fraction of sp³-hybridized carbons (Fsp3) is 0.500. The lowest BCUT2D eigenvalue weighted by molar-refractivity contribution is -0.137. The highest BCUT2D eigenvalue weighted by molar-refractivity contribution is 7.85. The first-order chi connectivity index (χ1) is 9.05. The van der Waals surface area contributed by atoms with Gasteiger partial charge in [-0.3, -0.25) is 0 Å². The molecule has 0 spiro atoms. The predicted molar refractivity (Wildman–Crippen MR) is 76.2 cm³/mol. The van der Waals surface area contributed by atoms with Gasteiger partial charge in [0.05, 0.1) is 16.0 Å². The molecule has 0 N–H and O–H groups in total. The van der Waals surface area contributed by atoms with E-state index in [1.165, 1.54) is 6.07 Å². The zero-order valence-electron chi connectivity index (χ0n) is 11.9. The molecule has 0 saturated carbocycles. The van der Waals surface area contributed by atoms with E-state index < -0.39 is 27.5 Å². The van der Waals surface area contributed by atoms with Crippen molar-refractivity contribution in [3.05, 3.63) is 35.4 Å². The third kappa shape index (κ3) is 4.44. The molecule has 2 nitrogen and oxygen atoms in total. The molecule has 0 fully saturated rings. The largest absolute Gasteiger partial charge is 0.416 e. The number of alkyl halides is 3. The van der Waals surface area contributed by atoms with Crippen LogP contribution in [-0.4, -0.2) is 14.7 Å². The maximum atomic E-state index is 12.7. The van der Waals surface area contributed by atoms with Crippen molar-refractivity contribution in [1.29, 1.82) is 0 Å². The molecule has 0 heterocycles. The van der Waals surface area contributed by atoms with Crippen LogP contribution >= 0.6 is 0 Å². The second kappa shape index (κ2) is 6.08. The van der Waals surface area contributed by atoms with Crippen molar-refractivity contribution in [3.63, 3.8) is 0 Å². The predicted octanol–water partition coefficient (Wildman–Crippen LogP) is 4.37. The van der Waals surface area contributed by atoms with Gasteiger partial charge >= 0.3 is 6.18 Å². The minimum atomic E-state index is -4.39. The van der Waals surface area contributed by atoms with Gasteiger partial charge in [0.15, 0.2) is 0 Å². The van der Waals surface area contributed by atoms with Gasteiger partial charge in [0, 0.05) is 0 Å². The lowest BCUT2D eigenvalue weighted by Crippen LogP contribution is -2.21. The lowest BCUT2D eigenvalue weighted by atomic mass is 10.1. The van der Waals surface area contributed by atoms with Crippen molar-refractivity contribution < 1.29 is 17.4 Å². The van der Waals surface area contributed by atoms with Crippen LogP contribution in [0.2, 0.25) is 0 Å². The third-order valence-corrected chi connectivity index (χ3v) is 4.01. The van der Waals surface area contributed by atoms with Crippen molar-refractivity contribution in [1.82, 2.24) is 0 Å². The molecular formula is C14H18F3NOS. The standard InChI is InChI=1S/C14H18F3NOS/c1-5-12(18-20(19)13(2,3)4)10-7-6-8-11(9-10)14(15,16)17/h6-9H,5H2,1-4H3. The summed E-state index contributed by atoms with van der Waals surface area (Å²) < 4.78 is 53.6. The van der Waals surface area contributed by atoms with Crippen molar-refractivity contribution in [2.45, 2.75) is 45.0 Å². The smallest absolute Gasteiger partial charge is 0.234 e. The summed E-state index contributed by atoms with van der Waals surface area (Å²) in [5.41, 5.74) is 0.0574. The van der Waals surface area contributed by atoms with Crippen LogP contribution in [0.5, 0.6) is 0 Å². The first-order valence-corrected chi connectivity index (χ1v) is 7.33. The Bertz CT molecular complexity index is 530.